The number of anilines is 1. The number of fused-ring (bicyclic) bond motifs is 1. The number of amides is 1. The number of benzene rings is 2. The van der Waals surface area contributed by atoms with Crippen molar-refractivity contribution in [2.24, 2.45) is 0 Å². The normalized spacial score (nSPS) is 12.7. The zero-order chi connectivity index (χ0) is 17.9. The largest absolute Gasteiger partial charge is 0.488 e. The van der Waals surface area contributed by atoms with Crippen LogP contribution >= 0.6 is 0 Å². The third-order valence-electron chi connectivity index (χ3n) is 4.17. The van der Waals surface area contributed by atoms with Gasteiger partial charge in [-0.25, -0.2) is 4.39 Å². The van der Waals surface area contributed by atoms with Crippen molar-refractivity contribution >= 4 is 17.7 Å². The van der Waals surface area contributed by atoms with Crippen molar-refractivity contribution in [2.45, 2.75) is 6.54 Å². The summed E-state index contributed by atoms with van der Waals surface area (Å²) in [5.74, 6) is 0.702. The molecule has 2 aromatic carbocycles. The Morgan fingerprint density at radius 3 is 2.77 bits per heavy atom. The van der Waals surface area contributed by atoms with Crippen molar-refractivity contribution in [1.29, 1.82) is 0 Å². The lowest BCUT2D eigenvalue weighted by molar-refractivity contribution is -0.115. The standard InChI is InChI=1S/C21H16FNO3/c22-17-6-3-7-18(12-17)23(13-19-8-4-10-25-19)21(24)16-11-15-5-1-2-9-20(15)26-14-16/h1-12H,13-14H2. The van der Waals surface area contributed by atoms with Gasteiger partial charge in [-0.05, 0) is 42.5 Å². The molecule has 1 aliphatic heterocycles. The minimum atomic E-state index is -0.404. The van der Waals surface area contributed by atoms with Crippen molar-refractivity contribution in [3.63, 3.8) is 0 Å². The van der Waals surface area contributed by atoms with Crippen LogP contribution in [0.4, 0.5) is 10.1 Å². The number of hydrogen-bond donors (Lipinski definition) is 0. The maximum atomic E-state index is 13.7. The van der Waals surface area contributed by atoms with Crippen molar-refractivity contribution in [2.75, 3.05) is 11.5 Å². The Kier molecular flexibility index (Phi) is 4.27. The van der Waals surface area contributed by atoms with Gasteiger partial charge in [0.15, 0.2) is 0 Å². The maximum absolute atomic E-state index is 13.7. The van der Waals surface area contributed by atoms with Gasteiger partial charge >= 0.3 is 0 Å². The first-order valence-electron chi connectivity index (χ1n) is 8.23. The summed E-state index contributed by atoms with van der Waals surface area (Å²) < 4.78 is 24.8. The Morgan fingerprint density at radius 2 is 1.96 bits per heavy atom. The molecule has 4 nitrogen and oxygen atoms in total. The Labute approximate surface area is 150 Å². The third kappa shape index (κ3) is 3.24. The molecule has 1 aromatic heterocycles. The molecular weight excluding hydrogens is 333 g/mol. The Balaban J connectivity index is 1.69. The molecule has 0 saturated carbocycles. The zero-order valence-corrected chi connectivity index (χ0v) is 13.9. The second-order valence-corrected chi connectivity index (χ2v) is 5.95. The van der Waals surface area contributed by atoms with Crippen LogP contribution in [0.3, 0.4) is 0 Å². The summed E-state index contributed by atoms with van der Waals surface area (Å²) in [6, 6.07) is 17.0. The van der Waals surface area contributed by atoms with E-state index in [1.807, 2.05) is 30.3 Å². The summed E-state index contributed by atoms with van der Waals surface area (Å²) in [7, 11) is 0. The topological polar surface area (TPSA) is 42.7 Å². The van der Waals surface area contributed by atoms with E-state index in [4.69, 9.17) is 9.15 Å². The molecular formula is C21H16FNO3. The predicted molar refractivity (Wildman–Crippen MR) is 96.2 cm³/mol. The lowest BCUT2D eigenvalue weighted by Gasteiger charge is -2.25. The van der Waals surface area contributed by atoms with Gasteiger partial charge in [0, 0.05) is 11.3 Å². The molecule has 0 bridgehead atoms. The van der Waals surface area contributed by atoms with Crippen molar-refractivity contribution in [1.82, 2.24) is 0 Å². The second kappa shape index (κ2) is 6.88. The van der Waals surface area contributed by atoms with E-state index in [9.17, 15) is 9.18 Å². The molecule has 0 unspecified atom stereocenters. The average molecular weight is 349 g/mol. The molecule has 5 heteroatoms. The van der Waals surface area contributed by atoms with Crippen LogP contribution in [0.1, 0.15) is 11.3 Å². The van der Waals surface area contributed by atoms with Crippen LogP contribution in [-0.2, 0) is 11.3 Å². The number of nitrogens with zero attached hydrogens (tertiary/aromatic N) is 1. The molecule has 130 valence electrons. The summed E-state index contributed by atoms with van der Waals surface area (Å²) in [6.07, 6.45) is 3.36. The van der Waals surface area contributed by atoms with E-state index in [2.05, 4.69) is 0 Å². The summed E-state index contributed by atoms with van der Waals surface area (Å²) in [4.78, 5) is 14.7. The van der Waals surface area contributed by atoms with Crippen LogP contribution < -0.4 is 9.64 Å². The van der Waals surface area contributed by atoms with Crippen LogP contribution in [0.15, 0.2) is 76.9 Å². The van der Waals surface area contributed by atoms with Gasteiger partial charge in [0.05, 0.1) is 18.4 Å². The summed E-state index contributed by atoms with van der Waals surface area (Å²) in [5.41, 5.74) is 1.81. The summed E-state index contributed by atoms with van der Waals surface area (Å²) in [6.45, 7) is 0.369. The first-order valence-corrected chi connectivity index (χ1v) is 8.23. The Morgan fingerprint density at radius 1 is 1.08 bits per heavy atom. The van der Waals surface area contributed by atoms with Crippen molar-refractivity contribution in [3.8, 4) is 5.75 Å². The highest BCUT2D eigenvalue weighted by Crippen LogP contribution is 2.28. The van der Waals surface area contributed by atoms with Gasteiger partial charge in [0.2, 0.25) is 0 Å². The van der Waals surface area contributed by atoms with E-state index in [0.29, 0.717) is 17.0 Å². The maximum Gasteiger partial charge on any atom is 0.258 e. The van der Waals surface area contributed by atoms with Crippen LogP contribution in [0.5, 0.6) is 5.75 Å². The highest BCUT2D eigenvalue weighted by molar-refractivity contribution is 6.09. The van der Waals surface area contributed by atoms with E-state index < -0.39 is 5.82 Å². The predicted octanol–water partition coefficient (Wildman–Crippen LogP) is 4.43. The van der Waals surface area contributed by atoms with Crippen LogP contribution in [0.2, 0.25) is 0 Å². The van der Waals surface area contributed by atoms with Gasteiger partial charge in [0.25, 0.3) is 5.91 Å². The minimum absolute atomic E-state index is 0.166. The number of para-hydroxylation sites is 1. The van der Waals surface area contributed by atoms with Crippen molar-refractivity contribution < 1.29 is 18.3 Å². The molecule has 0 saturated heterocycles. The number of carbonyl (C=O) groups excluding carboxylic acids is 1. The molecule has 0 spiro atoms. The fourth-order valence-electron chi connectivity index (χ4n) is 2.90. The van der Waals surface area contributed by atoms with E-state index in [1.165, 1.54) is 17.0 Å². The number of carbonyl (C=O) groups is 1. The molecule has 2 heterocycles. The monoisotopic (exact) mass is 349 g/mol. The fourth-order valence-corrected chi connectivity index (χ4v) is 2.90. The highest BCUT2D eigenvalue weighted by Gasteiger charge is 2.24. The van der Waals surface area contributed by atoms with Gasteiger partial charge in [-0.2, -0.15) is 0 Å². The molecule has 3 aromatic rings. The average Bonchev–Trinajstić information content (AvgIpc) is 3.18. The molecule has 4 rings (SSSR count). The Bertz CT molecular complexity index is 963. The Hall–Kier alpha value is -3.34. The lowest BCUT2D eigenvalue weighted by Crippen LogP contribution is -2.34. The molecule has 0 atom stereocenters. The number of rotatable bonds is 4. The van der Waals surface area contributed by atoms with Gasteiger partial charge in [-0.1, -0.05) is 24.3 Å². The van der Waals surface area contributed by atoms with E-state index in [-0.39, 0.29) is 19.1 Å². The molecule has 0 aliphatic carbocycles. The van der Waals surface area contributed by atoms with Gasteiger partial charge in [0.1, 0.15) is 23.9 Å². The SMILES string of the molecule is O=C(C1=Cc2ccccc2OC1)N(Cc1ccco1)c1cccc(F)c1. The first-order chi connectivity index (χ1) is 12.7. The van der Waals surface area contributed by atoms with E-state index in [1.54, 1.807) is 30.5 Å². The highest BCUT2D eigenvalue weighted by atomic mass is 19.1. The van der Waals surface area contributed by atoms with E-state index >= 15 is 0 Å². The van der Waals surface area contributed by atoms with Crippen LogP contribution in [-0.4, -0.2) is 12.5 Å². The van der Waals surface area contributed by atoms with Gasteiger partial charge in [-0.15, -0.1) is 0 Å². The second-order valence-electron chi connectivity index (χ2n) is 5.95. The van der Waals surface area contributed by atoms with E-state index in [0.717, 1.165) is 11.3 Å². The molecule has 1 amide bonds. The van der Waals surface area contributed by atoms with Gasteiger partial charge < -0.3 is 14.1 Å². The number of hydrogen-bond acceptors (Lipinski definition) is 3. The molecule has 1 aliphatic rings. The lowest BCUT2D eigenvalue weighted by atomic mass is 10.1. The molecule has 0 N–H and O–H groups in total. The van der Waals surface area contributed by atoms with Crippen LogP contribution in [0.25, 0.3) is 6.08 Å². The fraction of sp³-hybridized carbons (Fsp3) is 0.0952. The number of furan rings is 1. The first kappa shape index (κ1) is 16.1. The van der Waals surface area contributed by atoms with Crippen molar-refractivity contribution in [3.05, 3.63) is 89.6 Å². The zero-order valence-electron chi connectivity index (χ0n) is 13.9. The quantitative estimate of drug-likeness (QED) is 0.700. The molecule has 0 radical (unpaired) electrons. The van der Waals surface area contributed by atoms with Crippen LogP contribution in [0, 0.1) is 5.82 Å². The summed E-state index contributed by atoms with van der Waals surface area (Å²) in [5, 5.41) is 0. The summed E-state index contributed by atoms with van der Waals surface area (Å²) >= 11 is 0. The minimum Gasteiger partial charge on any atom is -0.488 e. The smallest absolute Gasteiger partial charge is 0.258 e. The number of halogens is 1. The number of ether oxygens (including phenoxy) is 1. The molecule has 0 fully saturated rings. The van der Waals surface area contributed by atoms with Gasteiger partial charge in [-0.3, -0.25) is 4.79 Å². The third-order valence-corrected chi connectivity index (χ3v) is 4.17. The molecule has 26 heavy (non-hydrogen) atoms.